The van der Waals surface area contributed by atoms with E-state index in [4.69, 9.17) is 0 Å². The SMILES string of the molecule is Cc1cc2c(cc1C)=C(c1ccccc1)C1=c3ccccc3=CC=21. The predicted octanol–water partition coefficient (Wildman–Crippen LogP) is 2.31. The topological polar surface area (TPSA) is 0 Å². The van der Waals surface area contributed by atoms with Crippen molar-refractivity contribution in [2.24, 2.45) is 0 Å². The second-order valence-corrected chi connectivity index (χ2v) is 6.74. The van der Waals surface area contributed by atoms with E-state index in [1.165, 1.54) is 54.3 Å². The third kappa shape index (κ3) is 1.74. The molecule has 0 radical (unpaired) electrons. The fraction of sp³-hybridized carbons (Fsp3) is 0.0833. The van der Waals surface area contributed by atoms with Gasteiger partial charge in [-0.25, -0.2) is 0 Å². The second kappa shape index (κ2) is 4.82. The zero-order valence-electron chi connectivity index (χ0n) is 13.9. The summed E-state index contributed by atoms with van der Waals surface area (Å²) < 4.78 is 0. The molecular formula is C24H18. The number of rotatable bonds is 1. The zero-order chi connectivity index (χ0) is 16.3. The molecule has 0 aromatic heterocycles. The molecule has 0 atom stereocenters. The zero-order valence-corrected chi connectivity index (χ0v) is 13.9. The first kappa shape index (κ1) is 13.6. The van der Waals surface area contributed by atoms with E-state index in [9.17, 15) is 0 Å². The van der Waals surface area contributed by atoms with Crippen LogP contribution in [0.2, 0.25) is 0 Å². The molecule has 0 amide bonds. The molecule has 2 aliphatic carbocycles. The van der Waals surface area contributed by atoms with E-state index >= 15 is 0 Å². The molecule has 24 heavy (non-hydrogen) atoms. The summed E-state index contributed by atoms with van der Waals surface area (Å²) in [5.74, 6) is 0. The van der Waals surface area contributed by atoms with Crippen molar-refractivity contribution in [3.05, 3.63) is 104 Å². The van der Waals surface area contributed by atoms with E-state index in [0.717, 1.165) is 0 Å². The lowest BCUT2D eigenvalue weighted by Crippen LogP contribution is -2.27. The minimum Gasteiger partial charge on any atom is -0.0622 e. The summed E-state index contributed by atoms with van der Waals surface area (Å²) >= 11 is 0. The van der Waals surface area contributed by atoms with Crippen LogP contribution in [0.1, 0.15) is 16.7 Å². The van der Waals surface area contributed by atoms with Gasteiger partial charge >= 0.3 is 0 Å². The Kier molecular flexibility index (Phi) is 2.72. The Labute approximate surface area is 141 Å². The number of hydrogen-bond donors (Lipinski definition) is 0. The van der Waals surface area contributed by atoms with Crippen molar-refractivity contribution in [2.75, 3.05) is 0 Å². The smallest absolute Gasteiger partial charge is 0.00141 e. The van der Waals surface area contributed by atoms with Gasteiger partial charge in [-0.1, -0.05) is 66.7 Å². The summed E-state index contributed by atoms with van der Waals surface area (Å²) in [6.45, 7) is 4.41. The van der Waals surface area contributed by atoms with Gasteiger partial charge in [0, 0.05) is 0 Å². The van der Waals surface area contributed by atoms with E-state index in [0.29, 0.717) is 0 Å². The molecule has 0 aliphatic heterocycles. The summed E-state index contributed by atoms with van der Waals surface area (Å²) in [7, 11) is 0. The lowest BCUT2D eigenvalue weighted by molar-refractivity contribution is 1.30. The minimum absolute atomic E-state index is 1.30. The Morgan fingerprint density at radius 3 is 2.04 bits per heavy atom. The molecule has 5 rings (SSSR count). The Balaban J connectivity index is 2.05. The molecule has 0 saturated heterocycles. The van der Waals surface area contributed by atoms with Gasteiger partial charge in [0.1, 0.15) is 0 Å². The van der Waals surface area contributed by atoms with Crippen LogP contribution in [0, 0.1) is 13.8 Å². The maximum Gasteiger partial charge on any atom is -0.00141 e. The van der Waals surface area contributed by atoms with Crippen molar-refractivity contribution in [3.8, 4) is 0 Å². The fourth-order valence-electron chi connectivity index (χ4n) is 3.99. The van der Waals surface area contributed by atoms with Crippen molar-refractivity contribution in [1.82, 2.24) is 0 Å². The number of benzene rings is 3. The second-order valence-electron chi connectivity index (χ2n) is 6.74. The monoisotopic (exact) mass is 306 g/mol. The van der Waals surface area contributed by atoms with Crippen LogP contribution in [0.5, 0.6) is 0 Å². The van der Waals surface area contributed by atoms with Gasteiger partial charge in [-0.2, -0.15) is 0 Å². The van der Waals surface area contributed by atoms with Gasteiger partial charge in [-0.05, 0) is 74.2 Å². The maximum absolute atomic E-state index is 2.36. The first-order valence-corrected chi connectivity index (χ1v) is 8.47. The standard InChI is InChI=1S/C24H18/c1-15-12-20-21(13-16(15)2)23(17-8-4-3-5-9-17)24-19-11-7-6-10-18(19)14-22(20)24/h3-14H,1-2H3. The van der Waals surface area contributed by atoms with Gasteiger partial charge in [-0.3, -0.25) is 0 Å². The summed E-state index contributed by atoms with van der Waals surface area (Å²) in [6.07, 6.45) is 2.36. The highest BCUT2D eigenvalue weighted by Crippen LogP contribution is 2.31. The molecule has 0 N–H and O–H groups in total. The number of aryl methyl sites for hydroxylation is 2. The quantitative estimate of drug-likeness (QED) is 0.647. The lowest BCUT2D eigenvalue weighted by atomic mass is 9.96. The maximum atomic E-state index is 2.36. The van der Waals surface area contributed by atoms with Gasteiger partial charge in [0.2, 0.25) is 0 Å². The summed E-state index contributed by atoms with van der Waals surface area (Å²) in [6, 6.07) is 24.3. The van der Waals surface area contributed by atoms with Crippen LogP contribution < -0.4 is 20.9 Å². The number of hydrogen-bond acceptors (Lipinski definition) is 0. The van der Waals surface area contributed by atoms with Gasteiger partial charge in [0.15, 0.2) is 0 Å². The van der Waals surface area contributed by atoms with Crippen LogP contribution >= 0.6 is 0 Å². The Morgan fingerprint density at radius 2 is 1.25 bits per heavy atom. The molecule has 3 aromatic rings. The Morgan fingerprint density at radius 1 is 0.583 bits per heavy atom. The first-order valence-electron chi connectivity index (χ1n) is 8.47. The van der Waals surface area contributed by atoms with E-state index in [1.807, 2.05) is 0 Å². The third-order valence-electron chi connectivity index (χ3n) is 5.31. The van der Waals surface area contributed by atoms with Crippen LogP contribution in [0.25, 0.3) is 22.8 Å². The van der Waals surface area contributed by atoms with Crippen molar-refractivity contribution in [3.63, 3.8) is 0 Å². The number of fused-ring (bicyclic) bond motifs is 3. The molecule has 2 aliphatic rings. The van der Waals surface area contributed by atoms with E-state index in [-0.39, 0.29) is 0 Å². The molecule has 0 bridgehead atoms. The van der Waals surface area contributed by atoms with Crippen LogP contribution in [0.3, 0.4) is 0 Å². The van der Waals surface area contributed by atoms with Crippen LogP contribution in [0.4, 0.5) is 0 Å². The van der Waals surface area contributed by atoms with Crippen molar-refractivity contribution >= 4 is 22.8 Å². The molecule has 0 unspecified atom stereocenters. The van der Waals surface area contributed by atoms with E-state index < -0.39 is 0 Å². The minimum atomic E-state index is 1.30. The van der Waals surface area contributed by atoms with Gasteiger partial charge in [-0.15, -0.1) is 0 Å². The fourth-order valence-corrected chi connectivity index (χ4v) is 3.99. The summed E-state index contributed by atoms with van der Waals surface area (Å²) in [5, 5.41) is 5.45. The van der Waals surface area contributed by atoms with Crippen molar-refractivity contribution in [2.45, 2.75) is 13.8 Å². The highest BCUT2D eigenvalue weighted by Gasteiger charge is 2.23. The Hall–Kier alpha value is -2.86. The Bertz CT molecular complexity index is 1240. The normalized spacial score (nSPS) is 14.3. The molecule has 0 spiro atoms. The molecular weight excluding hydrogens is 288 g/mol. The molecule has 0 heterocycles. The lowest BCUT2D eigenvalue weighted by Gasteiger charge is -2.07. The van der Waals surface area contributed by atoms with Crippen LogP contribution in [-0.2, 0) is 0 Å². The third-order valence-corrected chi connectivity index (χ3v) is 5.31. The van der Waals surface area contributed by atoms with Crippen LogP contribution in [-0.4, -0.2) is 0 Å². The van der Waals surface area contributed by atoms with Gasteiger partial charge < -0.3 is 0 Å². The predicted molar refractivity (Wildman–Crippen MR) is 101 cm³/mol. The highest BCUT2D eigenvalue weighted by molar-refractivity contribution is 6.25. The summed E-state index contributed by atoms with van der Waals surface area (Å²) in [5.41, 5.74) is 8.18. The molecule has 3 aromatic carbocycles. The van der Waals surface area contributed by atoms with Crippen LogP contribution in [0.15, 0.2) is 66.7 Å². The molecule has 0 heteroatoms. The summed E-state index contributed by atoms with van der Waals surface area (Å²) in [4.78, 5) is 0. The van der Waals surface area contributed by atoms with E-state index in [1.54, 1.807) is 0 Å². The molecule has 0 nitrogen and oxygen atoms in total. The van der Waals surface area contributed by atoms with Gasteiger partial charge in [0.05, 0.1) is 0 Å². The molecule has 0 fully saturated rings. The molecule has 0 saturated carbocycles. The average Bonchev–Trinajstić information content (AvgIpc) is 3.11. The van der Waals surface area contributed by atoms with E-state index in [2.05, 4.69) is 86.7 Å². The average molecular weight is 306 g/mol. The first-order chi connectivity index (χ1) is 11.7. The van der Waals surface area contributed by atoms with Crippen molar-refractivity contribution in [1.29, 1.82) is 0 Å². The molecule has 114 valence electrons. The highest BCUT2D eigenvalue weighted by atomic mass is 14.3. The van der Waals surface area contributed by atoms with Crippen molar-refractivity contribution < 1.29 is 0 Å². The largest absolute Gasteiger partial charge is 0.0622 e. The van der Waals surface area contributed by atoms with Gasteiger partial charge in [0.25, 0.3) is 0 Å².